The van der Waals surface area contributed by atoms with Crippen molar-refractivity contribution in [2.45, 2.75) is 13.5 Å². The van der Waals surface area contributed by atoms with E-state index in [0.29, 0.717) is 49.6 Å². The zero-order valence-electron chi connectivity index (χ0n) is 17.0. The molecule has 1 aliphatic heterocycles. The maximum Gasteiger partial charge on any atom is 0.291 e. The summed E-state index contributed by atoms with van der Waals surface area (Å²) in [5.41, 5.74) is 2.14. The van der Waals surface area contributed by atoms with Crippen LogP contribution in [0.4, 0.5) is 5.69 Å². The zero-order valence-corrected chi connectivity index (χ0v) is 20.1. The first-order valence-electron chi connectivity index (χ1n) is 9.77. The van der Waals surface area contributed by atoms with Gasteiger partial charge in [0.1, 0.15) is 6.61 Å². The third-order valence-corrected chi connectivity index (χ3v) is 5.77. The van der Waals surface area contributed by atoms with Gasteiger partial charge in [-0.25, -0.2) is 0 Å². The topological polar surface area (TPSA) is 56.8 Å². The first-order chi connectivity index (χ1) is 15.4. The minimum atomic E-state index is -0.324. The summed E-state index contributed by atoms with van der Waals surface area (Å²) in [6, 6.07) is 16.1. The van der Waals surface area contributed by atoms with E-state index in [1.165, 1.54) is 0 Å². The second-order valence-electron chi connectivity index (χ2n) is 6.85. The number of fused-ring (bicyclic) bond motifs is 1. The summed E-state index contributed by atoms with van der Waals surface area (Å²) in [6.45, 7) is 2.56. The first kappa shape index (κ1) is 22.5. The molecule has 1 amide bonds. The van der Waals surface area contributed by atoms with Crippen LogP contribution >= 0.6 is 39.1 Å². The minimum absolute atomic E-state index is 0.180. The number of hydrogen-bond acceptors (Lipinski definition) is 4. The molecule has 0 radical (unpaired) electrons. The quantitative estimate of drug-likeness (QED) is 0.342. The highest BCUT2D eigenvalue weighted by atomic mass is 79.9. The molecule has 0 unspecified atom stereocenters. The highest BCUT2D eigenvalue weighted by Crippen LogP contribution is 2.39. The summed E-state index contributed by atoms with van der Waals surface area (Å²) in [5, 5.41) is 3.90. The van der Waals surface area contributed by atoms with Crippen molar-refractivity contribution < 1.29 is 19.0 Å². The normalized spacial score (nSPS) is 13.9. The van der Waals surface area contributed by atoms with Gasteiger partial charge in [0.05, 0.1) is 16.8 Å². The predicted molar refractivity (Wildman–Crippen MR) is 130 cm³/mol. The third kappa shape index (κ3) is 5.04. The monoisotopic (exact) mass is 533 g/mol. The zero-order chi connectivity index (χ0) is 22.7. The molecular weight excluding hydrogens is 517 g/mol. The molecule has 0 fully saturated rings. The fraction of sp³-hybridized carbons (Fsp3) is 0.125. The van der Waals surface area contributed by atoms with Crippen molar-refractivity contribution in [1.82, 2.24) is 0 Å². The average Bonchev–Trinajstić information content (AvgIpc) is 2.75. The largest absolute Gasteiger partial charge is 0.490 e. The Balaban J connectivity index is 1.61. The molecule has 0 aliphatic carbocycles. The number of para-hydroxylation sites is 2. The van der Waals surface area contributed by atoms with Crippen LogP contribution in [0.5, 0.6) is 17.2 Å². The molecule has 0 bridgehead atoms. The molecule has 0 atom stereocenters. The highest BCUT2D eigenvalue weighted by molar-refractivity contribution is 9.10. The molecule has 5 nitrogen and oxygen atoms in total. The summed E-state index contributed by atoms with van der Waals surface area (Å²) in [6.07, 6.45) is 1.65. The van der Waals surface area contributed by atoms with Crippen LogP contribution in [0.15, 0.2) is 64.8 Å². The van der Waals surface area contributed by atoms with Crippen molar-refractivity contribution in [1.29, 1.82) is 0 Å². The summed E-state index contributed by atoms with van der Waals surface area (Å²) in [4.78, 5) is 12.4. The lowest BCUT2D eigenvalue weighted by atomic mass is 10.1. The second-order valence-corrected chi connectivity index (χ2v) is 8.55. The standard InChI is InChI=1S/C24H18BrCl2NO4/c1-2-30-21-10-14(11-22-24(29)28-19-5-3-4-6-20(19)32-22)9-17(25)23(21)31-13-15-7-8-16(26)12-18(15)27/h3-12H,2,13H2,1H3,(H,28,29)/b22-11+. The Morgan fingerprint density at radius 2 is 1.91 bits per heavy atom. The molecule has 0 saturated heterocycles. The number of hydrogen-bond donors (Lipinski definition) is 1. The van der Waals surface area contributed by atoms with Gasteiger partial charge in [-0.05, 0) is 70.9 Å². The van der Waals surface area contributed by atoms with Crippen molar-refractivity contribution in [3.05, 3.63) is 86.0 Å². The summed E-state index contributed by atoms with van der Waals surface area (Å²) < 4.78 is 18.2. The number of carbonyl (C=O) groups excluding carboxylic acids is 1. The van der Waals surface area contributed by atoms with Gasteiger partial charge in [0.15, 0.2) is 23.0 Å². The third-order valence-electron chi connectivity index (χ3n) is 4.60. The summed E-state index contributed by atoms with van der Waals surface area (Å²) in [5.74, 6) is 1.49. The van der Waals surface area contributed by atoms with Crippen LogP contribution in [0.2, 0.25) is 10.0 Å². The number of carbonyl (C=O) groups is 1. The Hall–Kier alpha value is -2.67. The lowest BCUT2D eigenvalue weighted by Gasteiger charge is -2.20. The van der Waals surface area contributed by atoms with Crippen LogP contribution in [0, 0.1) is 0 Å². The van der Waals surface area contributed by atoms with Gasteiger partial charge in [-0.2, -0.15) is 0 Å². The SMILES string of the molecule is CCOc1cc(/C=C2/Oc3ccccc3NC2=O)cc(Br)c1OCc1ccc(Cl)cc1Cl. The van der Waals surface area contributed by atoms with E-state index >= 15 is 0 Å². The molecule has 1 heterocycles. The lowest BCUT2D eigenvalue weighted by molar-refractivity contribution is -0.115. The van der Waals surface area contributed by atoms with E-state index in [2.05, 4.69) is 21.2 Å². The maximum atomic E-state index is 12.4. The van der Waals surface area contributed by atoms with E-state index < -0.39 is 0 Å². The van der Waals surface area contributed by atoms with Crippen LogP contribution in [-0.4, -0.2) is 12.5 Å². The molecular formula is C24H18BrCl2NO4. The van der Waals surface area contributed by atoms with Gasteiger partial charge in [-0.1, -0.05) is 41.4 Å². The van der Waals surface area contributed by atoms with Crippen molar-refractivity contribution in [3.63, 3.8) is 0 Å². The number of halogens is 3. The van der Waals surface area contributed by atoms with Gasteiger partial charge in [0.2, 0.25) is 0 Å². The molecule has 0 aromatic heterocycles. The van der Waals surface area contributed by atoms with Crippen molar-refractivity contribution in [3.8, 4) is 17.2 Å². The van der Waals surface area contributed by atoms with Crippen LogP contribution in [0.1, 0.15) is 18.1 Å². The van der Waals surface area contributed by atoms with Gasteiger partial charge in [0, 0.05) is 15.6 Å². The molecule has 0 spiro atoms. The Kier molecular flexibility index (Phi) is 6.94. The Bertz CT molecular complexity index is 1210. The van der Waals surface area contributed by atoms with Gasteiger partial charge < -0.3 is 19.5 Å². The number of anilines is 1. The van der Waals surface area contributed by atoms with Crippen molar-refractivity contribution in [2.75, 3.05) is 11.9 Å². The van der Waals surface area contributed by atoms with Crippen LogP contribution in [0.3, 0.4) is 0 Å². The fourth-order valence-electron chi connectivity index (χ4n) is 3.12. The van der Waals surface area contributed by atoms with Crippen LogP contribution < -0.4 is 19.5 Å². The molecule has 3 aromatic rings. The van der Waals surface area contributed by atoms with E-state index in [1.807, 2.05) is 31.2 Å². The van der Waals surface area contributed by atoms with E-state index in [-0.39, 0.29) is 18.3 Å². The molecule has 164 valence electrons. The smallest absolute Gasteiger partial charge is 0.291 e. The second kappa shape index (κ2) is 9.86. The van der Waals surface area contributed by atoms with E-state index in [4.69, 9.17) is 37.4 Å². The number of ether oxygens (including phenoxy) is 3. The number of benzene rings is 3. The van der Waals surface area contributed by atoms with Gasteiger partial charge >= 0.3 is 0 Å². The number of nitrogens with one attached hydrogen (secondary N) is 1. The van der Waals surface area contributed by atoms with Crippen LogP contribution in [-0.2, 0) is 11.4 Å². The van der Waals surface area contributed by atoms with Gasteiger partial charge in [-0.15, -0.1) is 0 Å². The summed E-state index contributed by atoms with van der Waals surface area (Å²) >= 11 is 15.8. The molecule has 32 heavy (non-hydrogen) atoms. The Morgan fingerprint density at radius 3 is 2.69 bits per heavy atom. The summed E-state index contributed by atoms with van der Waals surface area (Å²) in [7, 11) is 0. The Morgan fingerprint density at radius 1 is 1.09 bits per heavy atom. The fourth-order valence-corrected chi connectivity index (χ4v) is 4.15. The first-order valence-corrected chi connectivity index (χ1v) is 11.3. The maximum absolute atomic E-state index is 12.4. The van der Waals surface area contributed by atoms with E-state index in [1.54, 1.807) is 36.4 Å². The molecule has 8 heteroatoms. The Labute approximate surface area is 204 Å². The van der Waals surface area contributed by atoms with Crippen molar-refractivity contribution >= 4 is 56.8 Å². The number of rotatable bonds is 6. The molecule has 4 rings (SSSR count). The highest BCUT2D eigenvalue weighted by Gasteiger charge is 2.22. The molecule has 1 N–H and O–H groups in total. The minimum Gasteiger partial charge on any atom is -0.490 e. The van der Waals surface area contributed by atoms with Gasteiger partial charge in [0.25, 0.3) is 5.91 Å². The van der Waals surface area contributed by atoms with Crippen molar-refractivity contribution in [2.24, 2.45) is 0 Å². The van der Waals surface area contributed by atoms with Crippen LogP contribution in [0.25, 0.3) is 6.08 Å². The number of amides is 1. The average molecular weight is 535 g/mol. The predicted octanol–water partition coefficient (Wildman–Crippen LogP) is 7.11. The van der Waals surface area contributed by atoms with E-state index in [9.17, 15) is 4.79 Å². The molecule has 1 aliphatic rings. The molecule has 3 aromatic carbocycles. The van der Waals surface area contributed by atoms with Gasteiger partial charge in [-0.3, -0.25) is 4.79 Å². The lowest BCUT2D eigenvalue weighted by Crippen LogP contribution is -2.23. The van der Waals surface area contributed by atoms with E-state index in [0.717, 1.165) is 5.56 Å². The molecule has 0 saturated carbocycles.